The number of Topliss-reactive ketones (excluding diaryl/α,β-unsaturated/α-hetero) is 1. The molecule has 90 valence electrons. The molecule has 1 N–H and O–H groups in total. The number of aliphatic carboxylic acids is 1. The maximum atomic E-state index is 11.7. The van der Waals surface area contributed by atoms with E-state index in [4.69, 9.17) is 9.84 Å². The highest BCUT2D eigenvalue weighted by atomic mass is 16.5. The zero-order valence-electron chi connectivity index (χ0n) is 9.22. The highest BCUT2D eigenvalue weighted by Gasteiger charge is 2.39. The number of carbonyl (C=O) groups is 2. The van der Waals surface area contributed by atoms with Crippen LogP contribution in [0.15, 0.2) is 0 Å². The maximum absolute atomic E-state index is 11.7. The van der Waals surface area contributed by atoms with E-state index in [1.165, 1.54) is 0 Å². The van der Waals surface area contributed by atoms with Crippen LogP contribution in [0, 0.1) is 5.92 Å². The van der Waals surface area contributed by atoms with Crippen LogP contribution in [0.1, 0.15) is 19.3 Å². The van der Waals surface area contributed by atoms with Gasteiger partial charge in [-0.25, -0.2) is 4.79 Å². The molecule has 2 aliphatic rings. The monoisotopic (exact) mass is 227 g/mol. The zero-order valence-corrected chi connectivity index (χ0v) is 9.22. The van der Waals surface area contributed by atoms with Gasteiger partial charge in [-0.1, -0.05) is 0 Å². The number of nitrogens with zero attached hydrogens (tertiary/aromatic N) is 1. The van der Waals surface area contributed by atoms with Crippen LogP contribution < -0.4 is 0 Å². The van der Waals surface area contributed by atoms with Gasteiger partial charge in [0.25, 0.3) is 5.78 Å². The summed E-state index contributed by atoms with van der Waals surface area (Å²) in [5.74, 6) is -1.93. The van der Waals surface area contributed by atoms with Crippen LogP contribution in [0.25, 0.3) is 0 Å². The number of hydrogen-bond acceptors (Lipinski definition) is 4. The predicted octanol–water partition coefficient (Wildman–Crippen LogP) is 0.141. The van der Waals surface area contributed by atoms with Crippen molar-refractivity contribution in [3.05, 3.63) is 0 Å². The van der Waals surface area contributed by atoms with Gasteiger partial charge < -0.3 is 9.84 Å². The van der Waals surface area contributed by atoms with Gasteiger partial charge in [-0.15, -0.1) is 0 Å². The smallest absolute Gasteiger partial charge is 0.373 e. The molecule has 2 heterocycles. The lowest BCUT2D eigenvalue weighted by molar-refractivity contribution is -0.152. The van der Waals surface area contributed by atoms with Gasteiger partial charge in [-0.3, -0.25) is 9.69 Å². The predicted molar refractivity (Wildman–Crippen MR) is 56.2 cm³/mol. The average Bonchev–Trinajstić information content (AvgIpc) is 2.89. The van der Waals surface area contributed by atoms with E-state index in [1.54, 1.807) is 0 Å². The molecular weight excluding hydrogens is 210 g/mol. The molecule has 0 amide bonds. The first kappa shape index (κ1) is 11.5. The van der Waals surface area contributed by atoms with E-state index in [9.17, 15) is 9.59 Å². The van der Waals surface area contributed by atoms with Crippen molar-refractivity contribution in [2.24, 2.45) is 5.92 Å². The summed E-state index contributed by atoms with van der Waals surface area (Å²) in [6.45, 7) is 2.82. The Balaban J connectivity index is 2.10. The minimum Gasteiger partial charge on any atom is -0.475 e. The van der Waals surface area contributed by atoms with E-state index < -0.39 is 17.8 Å². The molecule has 5 nitrogen and oxygen atoms in total. The molecule has 16 heavy (non-hydrogen) atoms. The van der Waals surface area contributed by atoms with Crippen molar-refractivity contribution in [1.82, 2.24) is 4.90 Å². The number of ether oxygens (including phenoxy) is 1. The maximum Gasteiger partial charge on any atom is 0.373 e. The first-order valence-electron chi connectivity index (χ1n) is 5.79. The number of carbonyl (C=O) groups excluding carboxylic acids is 1. The van der Waals surface area contributed by atoms with Crippen LogP contribution in [0.3, 0.4) is 0 Å². The Morgan fingerprint density at radius 2 is 2.00 bits per heavy atom. The Morgan fingerprint density at radius 1 is 1.31 bits per heavy atom. The minimum atomic E-state index is -1.32. The Hall–Kier alpha value is -0.940. The summed E-state index contributed by atoms with van der Waals surface area (Å²) >= 11 is 0. The summed E-state index contributed by atoms with van der Waals surface area (Å²) < 4.78 is 5.26. The molecule has 0 bridgehead atoms. The van der Waals surface area contributed by atoms with Crippen LogP contribution in [0.4, 0.5) is 0 Å². The summed E-state index contributed by atoms with van der Waals surface area (Å²) in [6.07, 6.45) is 2.90. The molecular formula is C11H17NO4. The average molecular weight is 227 g/mol. The van der Waals surface area contributed by atoms with Crippen molar-refractivity contribution in [1.29, 1.82) is 0 Å². The third-order valence-electron chi connectivity index (χ3n) is 3.42. The fraction of sp³-hybridized carbons (Fsp3) is 0.818. The molecule has 0 aromatic heterocycles. The Kier molecular flexibility index (Phi) is 3.56. The second kappa shape index (κ2) is 4.93. The summed E-state index contributed by atoms with van der Waals surface area (Å²) in [5, 5.41) is 8.86. The standard InChI is InChI=1S/C11H17NO4/c13-10(11(14)15)9(8-3-6-16-7-8)12-4-1-2-5-12/h8-9H,1-7H2,(H,14,15). The minimum absolute atomic E-state index is 0.0571. The van der Waals surface area contributed by atoms with Crippen molar-refractivity contribution in [3.63, 3.8) is 0 Å². The van der Waals surface area contributed by atoms with Crippen molar-refractivity contribution in [2.75, 3.05) is 26.3 Å². The van der Waals surface area contributed by atoms with Crippen LogP contribution in [0.2, 0.25) is 0 Å². The molecule has 2 aliphatic heterocycles. The van der Waals surface area contributed by atoms with E-state index >= 15 is 0 Å². The first-order valence-corrected chi connectivity index (χ1v) is 5.79. The molecule has 2 atom stereocenters. The zero-order chi connectivity index (χ0) is 11.5. The second-order valence-corrected chi connectivity index (χ2v) is 4.48. The SMILES string of the molecule is O=C(O)C(=O)C(C1CCOC1)N1CCCC1. The van der Waals surface area contributed by atoms with Gasteiger partial charge in [0, 0.05) is 12.5 Å². The van der Waals surface area contributed by atoms with Crippen LogP contribution in [0.5, 0.6) is 0 Å². The number of carboxylic acids is 1. The number of likely N-dealkylation sites (tertiary alicyclic amines) is 1. The molecule has 0 aliphatic carbocycles. The highest BCUT2D eigenvalue weighted by Crippen LogP contribution is 2.25. The molecule has 2 rings (SSSR count). The second-order valence-electron chi connectivity index (χ2n) is 4.48. The van der Waals surface area contributed by atoms with Crippen molar-refractivity contribution < 1.29 is 19.4 Å². The van der Waals surface area contributed by atoms with Gasteiger partial charge in [-0.2, -0.15) is 0 Å². The topological polar surface area (TPSA) is 66.8 Å². The molecule has 0 saturated carbocycles. The summed E-state index contributed by atoms with van der Waals surface area (Å²) in [5.41, 5.74) is 0. The molecule has 2 fully saturated rings. The largest absolute Gasteiger partial charge is 0.475 e. The Bertz CT molecular complexity index is 264. The third-order valence-corrected chi connectivity index (χ3v) is 3.42. The molecule has 2 saturated heterocycles. The van der Waals surface area contributed by atoms with Crippen LogP contribution >= 0.6 is 0 Å². The Labute approximate surface area is 94.4 Å². The van der Waals surface area contributed by atoms with E-state index in [1.807, 2.05) is 4.90 Å². The van der Waals surface area contributed by atoms with Crippen molar-refractivity contribution >= 4 is 11.8 Å². The molecule has 0 spiro atoms. The van der Waals surface area contributed by atoms with Gasteiger partial charge in [-0.05, 0) is 32.4 Å². The molecule has 0 aromatic rings. The normalized spacial score (nSPS) is 28.1. The van der Waals surface area contributed by atoms with E-state index in [0.717, 1.165) is 32.4 Å². The summed E-state index contributed by atoms with van der Waals surface area (Å²) in [4.78, 5) is 24.6. The number of carboxylic acid groups (broad SMARTS) is 1. The van der Waals surface area contributed by atoms with E-state index in [0.29, 0.717) is 13.2 Å². The Morgan fingerprint density at radius 3 is 2.50 bits per heavy atom. The van der Waals surface area contributed by atoms with Gasteiger partial charge in [0.05, 0.1) is 12.6 Å². The third kappa shape index (κ3) is 2.25. The lowest BCUT2D eigenvalue weighted by Gasteiger charge is -2.28. The number of rotatable bonds is 4. The molecule has 0 radical (unpaired) electrons. The van der Waals surface area contributed by atoms with E-state index in [2.05, 4.69) is 0 Å². The number of hydrogen-bond donors (Lipinski definition) is 1. The first-order chi connectivity index (χ1) is 7.70. The lowest BCUT2D eigenvalue weighted by atomic mass is 9.94. The summed E-state index contributed by atoms with van der Waals surface area (Å²) in [7, 11) is 0. The van der Waals surface area contributed by atoms with Gasteiger partial charge >= 0.3 is 5.97 Å². The molecule has 5 heteroatoms. The van der Waals surface area contributed by atoms with Crippen molar-refractivity contribution in [2.45, 2.75) is 25.3 Å². The number of ketones is 1. The van der Waals surface area contributed by atoms with Crippen LogP contribution in [-0.2, 0) is 14.3 Å². The fourth-order valence-electron chi connectivity index (χ4n) is 2.63. The highest BCUT2D eigenvalue weighted by molar-refractivity contribution is 6.34. The fourth-order valence-corrected chi connectivity index (χ4v) is 2.63. The summed E-state index contributed by atoms with van der Waals surface area (Å²) in [6, 6.07) is -0.470. The lowest BCUT2D eigenvalue weighted by Crippen LogP contribution is -2.47. The molecule has 0 aromatic carbocycles. The van der Waals surface area contributed by atoms with Gasteiger partial charge in [0.15, 0.2) is 0 Å². The van der Waals surface area contributed by atoms with Gasteiger partial charge in [0.1, 0.15) is 0 Å². The van der Waals surface area contributed by atoms with Crippen molar-refractivity contribution in [3.8, 4) is 0 Å². The quantitative estimate of drug-likeness (QED) is 0.692. The van der Waals surface area contributed by atoms with E-state index in [-0.39, 0.29) is 5.92 Å². The molecule has 2 unspecified atom stereocenters. The van der Waals surface area contributed by atoms with Crippen LogP contribution in [-0.4, -0.2) is 54.1 Å². The van der Waals surface area contributed by atoms with Gasteiger partial charge in [0.2, 0.25) is 0 Å².